The minimum atomic E-state index is -0.621. The first kappa shape index (κ1) is 19.4. The fourth-order valence-corrected chi connectivity index (χ4v) is 3.27. The number of benzene rings is 2. The number of aromatic nitrogens is 4. The molecule has 1 atom stereocenters. The molecule has 0 aliphatic carbocycles. The van der Waals surface area contributed by atoms with Gasteiger partial charge in [0.05, 0.1) is 11.8 Å². The van der Waals surface area contributed by atoms with Gasteiger partial charge in [-0.05, 0) is 53.1 Å². The van der Waals surface area contributed by atoms with Crippen LogP contribution in [0.25, 0.3) is 5.69 Å². The molecule has 6 nitrogen and oxygen atoms in total. The van der Waals surface area contributed by atoms with Crippen LogP contribution in [0.5, 0.6) is 5.75 Å². The van der Waals surface area contributed by atoms with Gasteiger partial charge in [-0.15, -0.1) is 5.10 Å². The van der Waals surface area contributed by atoms with E-state index in [1.807, 2.05) is 43.3 Å². The molecular weight excluding hydrogens is 360 g/mol. The number of hydrogen-bond donors (Lipinski definition) is 1. The van der Waals surface area contributed by atoms with Crippen molar-refractivity contribution in [2.45, 2.75) is 37.9 Å². The lowest BCUT2D eigenvalue weighted by atomic mass is 10.0. The smallest absolute Gasteiger partial charge is 0.214 e. The van der Waals surface area contributed by atoms with Crippen LogP contribution in [0.1, 0.15) is 30.9 Å². The number of tetrazole rings is 1. The van der Waals surface area contributed by atoms with E-state index in [1.165, 1.54) is 22.9 Å². The number of nitrogens with zero attached hydrogens (tertiary/aromatic N) is 4. The minimum Gasteiger partial charge on any atom is -0.491 e. The molecule has 27 heavy (non-hydrogen) atoms. The zero-order chi connectivity index (χ0) is 19.2. The maximum atomic E-state index is 10.2. The molecule has 0 aliphatic rings. The summed E-state index contributed by atoms with van der Waals surface area (Å²) in [6.45, 7) is 6.57. The van der Waals surface area contributed by atoms with Crippen LogP contribution in [0.3, 0.4) is 0 Å². The SMILES string of the molecule is Cc1ccc(OC[C@@H](O)CSc2nnnn2-c2ccc(C(C)C)cc2)cc1. The van der Waals surface area contributed by atoms with E-state index in [2.05, 4.69) is 41.5 Å². The van der Waals surface area contributed by atoms with Crippen molar-refractivity contribution in [2.24, 2.45) is 0 Å². The third-order valence-corrected chi connectivity index (χ3v) is 5.18. The number of thioether (sulfide) groups is 1. The molecule has 0 unspecified atom stereocenters. The highest BCUT2D eigenvalue weighted by molar-refractivity contribution is 7.99. The lowest BCUT2D eigenvalue weighted by Gasteiger charge is -2.12. The fourth-order valence-electron chi connectivity index (χ4n) is 2.48. The van der Waals surface area contributed by atoms with Crippen molar-refractivity contribution in [3.8, 4) is 11.4 Å². The lowest BCUT2D eigenvalue weighted by molar-refractivity contribution is 0.126. The summed E-state index contributed by atoms with van der Waals surface area (Å²) in [5.41, 5.74) is 3.34. The minimum absolute atomic E-state index is 0.223. The summed E-state index contributed by atoms with van der Waals surface area (Å²) in [5.74, 6) is 1.67. The summed E-state index contributed by atoms with van der Waals surface area (Å²) in [4.78, 5) is 0. The molecule has 0 amide bonds. The molecule has 0 radical (unpaired) electrons. The van der Waals surface area contributed by atoms with Crippen LogP contribution in [-0.4, -0.2) is 43.8 Å². The molecule has 2 aromatic carbocycles. The summed E-state index contributed by atoms with van der Waals surface area (Å²) in [6.07, 6.45) is -0.621. The van der Waals surface area contributed by atoms with Gasteiger partial charge in [0.25, 0.3) is 0 Å². The van der Waals surface area contributed by atoms with Gasteiger partial charge in [-0.25, -0.2) is 0 Å². The van der Waals surface area contributed by atoms with Gasteiger partial charge in [0.15, 0.2) is 0 Å². The van der Waals surface area contributed by atoms with Crippen molar-refractivity contribution in [3.63, 3.8) is 0 Å². The normalized spacial score (nSPS) is 12.3. The van der Waals surface area contributed by atoms with Gasteiger partial charge in [-0.2, -0.15) is 4.68 Å². The Kier molecular flexibility index (Phi) is 6.47. The molecule has 3 aromatic rings. The van der Waals surface area contributed by atoms with Crippen molar-refractivity contribution in [1.29, 1.82) is 0 Å². The Labute approximate surface area is 163 Å². The molecule has 1 aromatic heterocycles. The number of rotatable bonds is 8. The van der Waals surface area contributed by atoms with Crippen LogP contribution in [0, 0.1) is 6.92 Å². The average molecular weight is 385 g/mol. The van der Waals surface area contributed by atoms with Crippen molar-refractivity contribution in [3.05, 3.63) is 59.7 Å². The van der Waals surface area contributed by atoms with Crippen LogP contribution in [0.4, 0.5) is 0 Å². The van der Waals surface area contributed by atoms with E-state index in [1.54, 1.807) is 4.68 Å². The maximum absolute atomic E-state index is 10.2. The predicted molar refractivity (Wildman–Crippen MR) is 107 cm³/mol. The lowest BCUT2D eigenvalue weighted by Crippen LogP contribution is -2.20. The number of aliphatic hydroxyl groups is 1. The Morgan fingerprint density at radius 3 is 2.44 bits per heavy atom. The molecule has 1 N–H and O–H groups in total. The van der Waals surface area contributed by atoms with Gasteiger partial charge < -0.3 is 9.84 Å². The highest BCUT2D eigenvalue weighted by Gasteiger charge is 2.13. The summed E-state index contributed by atoms with van der Waals surface area (Å²) in [6, 6.07) is 15.9. The summed E-state index contributed by atoms with van der Waals surface area (Å²) in [5, 5.41) is 22.7. The molecule has 0 bridgehead atoms. The second kappa shape index (κ2) is 9.01. The van der Waals surface area contributed by atoms with Gasteiger partial charge in [0, 0.05) is 5.75 Å². The fraction of sp³-hybridized carbons (Fsp3) is 0.350. The van der Waals surface area contributed by atoms with Crippen LogP contribution >= 0.6 is 11.8 Å². The maximum Gasteiger partial charge on any atom is 0.214 e. The highest BCUT2D eigenvalue weighted by atomic mass is 32.2. The molecule has 0 saturated carbocycles. The Hall–Kier alpha value is -2.38. The quantitative estimate of drug-likeness (QED) is 0.598. The monoisotopic (exact) mass is 384 g/mol. The molecule has 0 aliphatic heterocycles. The second-order valence-corrected chi connectivity index (χ2v) is 7.70. The van der Waals surface area contributed by atoms with Crippen molar-refractivity contribution >= 4 is 11.8 Å². The highest BCUT2D eigenvalue weighted by Crippen LogP contribution is 2.21. The molecule has 0 spiro atoms. The molecule has 3 rings (SSSR count). The standard InChI is InChI=1S/C20H24N4O2S/c1-14(2)16-6-8-17(9-7-16)24-20(21-22-23-24)27-13-18(25)12-26-19-10-4-15(3)5-11-19/h4-11,14,18,25H,12-13H2,1-3H3/t18-/m1/s1. The molecule has 0 fully saturated rings. The van der Waals surface area contributed by atoms with Gasteiger partial charge in [0.2, 0.25) is 5.16 Å². The summed E-state index contributed by atoms with van der Waals surface area (Å²) >= 11 is 1.40. The molecule has 142 valence electrons. The van der Waals surface area contributed by atoms with Crippen LogP contribution in [0.15, 0.2) is 53.7 Å². The summed E-state index contributed by atoms with van der Waals surface area (Å²) < 4.78 is 7.30. The Bertz CT molecular complexity index is 847. The molecule has 1 heterocycles. The van der Waals surface area contributed by atoms with Crippen molar-refractivity contribution < 1.29 is 9.84 Å². The molecule has 7 heteroatoms. The average Bonchev–Trinajstić information content (AvgIpc) is 3.14. The zero-order valence-electron chi connectivity index (χ0n) is 15.7. The van der Waals surface area contributed by atoms with Crippen LogP contribution in [-0.2, 0) is 0 Å². The number of hydrogen-bond acceptors (Lipinski definition) is 6. The Balaban J connectivity index is 1.55. The molecule has 0 saturated heterocycles. The van der Waals surface area contributed by atoms with E-state index in [4.69, 9.17) is 4.74 Å². The third kappa shape index (κ3) is 5.30. The van der Waals surface area contributed by atoms with E-state index >= 15 is 0 Å². The second-order valence-electron chi connectivity index (χ2n) is 6.71. The number of ether oxygens (including phenoxy) is 1. The Morgan fingerprint density at radius 1 is 1.07 bits per heavy atom. The van der Waals surface area contributed by atoms with E-state index < -0.39 is 6.10 Å². The first-order valence-electron chi connectivity index (χ1n) is 8.92. The van der Waals surface area contributed by atoms with Crippen molar-refractivity contribution in [2.75, 3.05) is 12.4 Å². The molecular formula is C20H24N4O2S. The van der Waals surface area contributed by atoms with Gasteiger partial charge >= 0.3 is 0 Å². The van der Waals surface area contributed by atoms with E-state index in [-0.39, 0.29) is 6.61 Å². The van der Waals surface area contributed by atoms with Gasteiger partial charge in [0.1, 0.15) is 12.4 Å². The topological polar surface area (TPSA) is 73.1 Å². The zero-order valence-corrected chi connectivity index (χ0v) is 16.6. The van der Waals surface area contributed by atoms with Gasteiger partial charge in [-0.3, -0.25) is 0 Å². The number of aliphatic hydroxyl groups excluding tert-OH is 1. The predicted octanol–water partition coefficient (Wildman–Crippen LogP) is 3.63. The Morgan fingerprint density at radius 2 is 1.78 bits per heavy atom. The van der Waals surface area contributed by atoms with Gasteiger partial charge in [-0.1, -0.05) is 55.4 Å². The van der Waals surface area contributed by atoms with E-state index in [0.717, 1.165) is 11.4 Å². The van der Waals surface area contributed by atoms with Crippen LogP contribution < -0.4 is 4.74 Å². The van der Waals surface area contributed by atoms with E-state index in [0.29, 0.717) is 16.8 Å². The van der Waals surface area contributed by atoms with Crippen LogP contribution in [0.2, 0.25) is 0 Å². The number of aryl methyl sites for hydroxylation is 1. The van der Waals surface area contributed by atoms with E-state index in [9.17, 15) is 5.11 Å². The largest absolute Gasteiger partial charge is 0.491 e. The summed E-state index contributed by atoms with van der Waals surface area (Å²) in [7, 11) is 0. The first-order valence-corrected chi connectivity index (χ1v) is 9.90. The first-order chi connectivity index (χ1) is 13.0. The third-order valence-electron chi connectivity index (χ3n) is 4.11. The van der Waals surface area contributed by atoms with Crippen molar-refractivity contribution in [1.82, 2.24) is 20.2 Å².